The summed E-state index contributed by atoms with van der Waals surface area (Å²) in [5, 5.41) is 0.123. The van der Waals surface area contributed by atoms with Crippen LogP contribution in [0, 0.1) is 17.5 Å². The Labute approximate surface area is 166 Å². The SMILES string of the molecule is O=S(=O)(NC1CCN(c2ccnc3c(F)ccc(F)c23)CC1)c1ccc(F)cc1. The fraction of sp³-hybridized carbons (Fsp3) is 0.250. The zero-order chi connectivity index (χ0) is 20.6. The summed E-state index contributed by atoms with van der Waals surface area (Å²) in [6.07, 6.45) is 2.41. The van der Waals surface area contributed by atoms with Crippen LogP contribution >= 0.6 is 0 Å². The highest BCUT2D eigenvalue weighted by atomic mass is 32.2. The van der Waals surface area contributed by atoms with Crippen LogP contribution in [-0.2, 0) is 10.0 Å². The predicted molar refractivity (Wildman–Crippen MR) is 104 cm³/mol. The van der Waals surface area contributed by atoms with Gasteiger partial charge in [0, 0.05) is 25.3 Å². The lowest BCUT2D eigenvalue weighted by Gasteiger charge is -2.34. The second kappa shape index (κ2) is 7.64. The molecule has 0 unspecified atom stereocenters. The van der Waals surface area contributed by atoms with Crippen molar-refractivity contribution in [2.24, 2.45) is 0 Å². The van der Waals surface area contributed by atoms with Gasteiger partial charge in [-0.25, -0.2) is 26.3 Å². The fourth-order valence-electron chi connectivity index (χ4n) is 3.58. The molecule has 0 atom stereocenters. The van der Waals surface area contributed by atoms with Gasteiger partial charge < -0.3 is 4.90 Å². The summed E-state index contributed by atoms with van der Waals surface area (Å²) in [6.45, 7) is 0.928. The summed E-state index contributed by atoms with van der Waals surface area (Å²) in [7, 11) is -3.76. The molecule has 29 heavy (non-hydrogen) atoms. The number of nitrogens with zero attached hydrogens (tertiary/aromatic N) is 2. The molecule has 1 N–H and O–H groups in total. The van der Waals surface area contributed by atoms with E-state index in [1.165, 1.54) is 18.3 Å². The molecule has 0 bridgehead atoms. The van der Waals surface area contributed by atoms with Gasteiger partial charge >= 0.3 is 0 Å². The highest BCUT2D eigenvalue weighted by molar-refractivity contribution is 7.89. The topological polar surface area (TPSA) is 62.3 Å². The molecular formula is C20H18F3N3O2S. The first-order valence-corrected chi connectivity index (χ1v) is 10.6. The van der Waals surface area contributed by atoms with Gasteiger partial charge in [-0.05, 0) is 55.3 Å². The smallest absolute Gasteiger partial charge is 0.240 e. The van der Waals surface area contributed by atoms with Crippen molar-refractivity contribution in [2.45, 2.75) is 23.8 Å². The lowest BCUT2D eigenvalue weighted by molar-refractivity contribution is 0.460. The Morgan fingerprint density at radius 1 is 0.931 bits per heavy atom. The van der Waals surface area contributed by atoms with E-state index in [1.54, 1.807) is 6.07 Å². The van der Waals surface area contributed by atoms with E-state index in [0.29, 0.717) is 31.6 Å². The van der Waals surface area contributed by atoms with Crippen molar-refractivity contribution in [3.05, 3.63) is 66.1 Å². The Balaban J connectivity index is 1.50. The van der Waals surface area contributed by atoms with Crippen molar-refractivity contribution in [1.82, 2.24) is 9.71 Å². The molecule has 1 saturated heterocycles. The van der Waals surface area contributed by atoms with Crippen LogP contribution in [0.5, 0.6) is 0 Å². The van der Waals surface area contributed by atoms with Crippen molar-refractivity contribution >= 4 is 26.6 Å². The number of pyridine rings is 1. The second-order valence-corrected chi connectivity index (χ2v) is 8.63. The standard InChI is InChI=1S/C20H18F3N3O2S/c21-13-1-3-15(4-2-13)29(27,28)25-14-8-11-26(12-9-14)18-7-10-24-20-17(23)6-5-16(22)19(18)20/h1-7,10,14,25H,8-9,11-12H2. The lowest BCUT2D eigenvalue weighted by atomic mass is 10.0. The van der Waals surface area contributed by atoms with E-state index in [-0.39, 0.29) is 21.8 Å². The normalized spacial score (nSPS) is 15.8. The molecular weight excluding hydrogens is 403 g/mol. The highest BCUT2D eigenvalue weighted by Crippen LogP contribution is 2.31. The zero-order valence-electron chi connectivity index (χ0n) is 15.3. The summed E-state index contributed by atoms with van der Waals surface area (Å²) < 4.78 is 69.0. The van der Waals surface area contributed by atoms with Gasteiger partial charge in [-0.1, -0.05) is 0 Å². The Morgan fingerprint density at radius 3 is 2.28 bits per heavy atom. The first kappa shape index (κ1) is 19.7. The van der Waals surface area contributed by atoms with Crippen molar-refractivity contribution in [3.8, 4) is 0 Å². The van der Waals surface area contributed by atoms with E-state index in [0.717, 1.165) is 24.3 Å². The summed E-state index contributed by atoms with van der Waals surface area (Å²) in [6, 6.07) is 8.07. The molecule has 5 nitrogen and oxygen atoms in total. The summed E-state index contributed by atoms with van der Waals surface area (Å²) in [5.41, 5.74) is 0.508. The molecule has 0 radical (unpaired) electrons. The molecule has 1 aliphatic heterocycles. The molecule has 9 heteroatoms. The highest BCUT2D eigenvalue weighted by Gasteiger charge is 2.26. The van der Waals surface area contributed by atoms with Crippen LogP contribution in [0.2, 0.25) is 0 Å². The summed E-state index contributed by atoms with van der Waals surface area (Å²) in [4.78, 5) is 5.84. The van der Waals surface area contributed by atoms with Crippen LogP contribution in [0.3, 0.4) is 0 Å². The number of rotatable bonds is 4. The Bertz CT molecular complexity index is 1150. The molecule has 1 aliphatic rings. The van der Waals surface area contributed by atoms with Crippen LogP contribution < -0.4 is 9.62 Å². The number of anilines is 1. The average molecular weight is 421 g/mol. The van der Waals surface area contributed by atoms with Gasteiger partial charge in [-0.3, -0.25) is 4.98 Å². The number of nitrogens with one attached hydrogen (secondary N) is 1. The van der Waals surface area contributed by atoms with E-state index in [2.05, 4.69) is 9.71 Å². The van der Waals surface area contributed by atoms with Crippen molar-refractivity contribution in [2.75, 3.05) is 18.0 Å². The number of aromatic nitrogens is 1. The first-order valence-electron chi connectivity index (χ1n) is 9.11. The van der Waals surface area contributed by atoms with Gasteiger partial charge in [0.25, 0.3) is 0 Å². The summed E-state index contributed by atoms with van der Waals surface area (Å²) in [5.74, 6) is -1.65. The van der Waals surface area contributed by atoms with Gasteiger partial charge in [-0.15, -0.1) is 0 Å². The van der Waals surface area contributed by atoms with E-state index in [1.807, 2.05) is 4.90 Å². The Hall–Kier alpha value is -2.65. The number of hydrogen-bond acceptors (Lipinski definition) is 4. The van der Waals surface area contributed by atoms with Gasteiger partial charge in [0.2, 0.25) is 10.0 Å². The number of halogens is 3. The first-order chi connectivity index (χ1) is 13.8. The number of piperidine rings is 1. The van der Waals surface area contributed by atoms with Crippen LogP contribution in [0.1, 0.15) is 12.8 Å². The molecule has 0 aliphatic carbocycles. The quantitative estimate of drug-likeness (QED) is 0.699. The molecule has 3 aromatic rings. The predicted octanol–water partition coefficient (Wildman–Crippen LogP) is 3.60. The second-order valence-electron chi connectivity index (χ2n) is 6.92. The van der Waals surface area contributed by atoms with Crippen molar-refractivity contribution in [3.63, 3.8) is 0 Å². The maximum Gasteiger partial charge on any atom is 0.240 e. The molecule has 0 spiro atoms. The van der Waals surface area contributed by atoms with E-state index in [4.69, 9.17) is 0 Å². The minimum atomic E-state index is -3.76. The lowest BCUT2D eigenvalue weighted by Crippen LogP contribution is -2.44. The third kappa shape index (κ3) is 3.92. The summed E-state index contributed by atoms with van der Waals surface area (Å²) >= 11 is 0. The minimum absolute atomic E-state index is 0.000923. The molecule has 2 aromatic carbocycles. The molecule has 0 amide bonds. The van der Waals surface area contributed by atoms with Crippen LogP contribution in [-0.4, -0.2) is 32.5 Å². The molecule has 1 fully saturated rings. The number of benzene rings is 2. The number of hydrogen-bond donors (Lipinski definition) is 1. The molecule has 1 aromatic heterocycles. The maximum atomic E-state index is 14.3. The Kier molecular flexibility index (Phi) is 5.18. The molecule has 2 heterocycles. The monoisotopic (exact) mass is 421 g/mol. The largest absolute Gasteiger partial charge is 0.371 e. The van der Waals surface area contributed by atoms with Gasteiger partial charge in [-0.2, -0.15) is 0 Å². The Morgan fingerprint density at radius 2 is 1.59 bits per heavy atom. The molecule has 152 valence electrons. The maximum absolute atomic E-state index is 14.3. The van der Waals surface area contributed by atoms with Gasteiger partial charge in [0.05, 0.1) is 16.0 Å². The number of sulfonamides is 1. The van der Waals surface area contributed by atoms with Gasteiger partial charge in [0.15, 0.2) is 0 Å². The van der Waals surface area contributed by atoms with E-state index in [9.17, 15) is 21.6 Å². The van der Waals surface area contributed by atoms with Crippen LogP contribution in [0.4, 0.5) is 18.9 Å². The number of fused-ring (bicyclic) bond motifs is 1. The van der Waals surface area contributed by atoms with Crippen LogP contribution in [0.15, 0.2) is 53.6 Å². The van der Waals surface area contributed by atoms with Gasteiger partial charge in [0.1, 0.15) is 23.0 Å². The average Bonchev–Trinajstić information content (AvgIpc) is 2.71. The van der Waals surface area contributed by atoms with Crippen molar-refractivity contribution in [1.29, 1.82) is 0 Å². The molecule has 0 saturated carbocycles. The van der Waals surface area contributed by atoms with Crippen molar-refractivity contribution < 1.29 is 21.6 Å². The molecule has 4 rings (SSSR count). The fourth-order valence-corrected chi connectivity index (χ4v) is 4.88. The third-order valence-electron chi connectivity index (χ3n) is 5.05. The minimum Gasteiger partial charge on any atom is -0.371 e. The van der Waals surface area contributed by atoms with E-state index < -0.39 is 27.5 Å². The van der Waals surface area contributed by atoms with E-state index >= 15 is 0 Å². The third-order valence-corrected chi connectivity index (χ3v) is 6.59. The zero-order valence-corrected chi connectivity index (χ0v) is 16.1. The van der Waals surface area contributed by atoms with Crippen LogP contribution in [0.25, 0.3) is 10.9 Å².